The van der Waals surface area contributed by atoms with E-state index in [0.29, 0.717) is 9.47 Å². The van der Waals surface area contributed by atoms with E-state index in [2.05, 4.69) is 40.0 Å². The molecule has 0 atom stereocenters. The van der Waals surface area contributed by atoms with Crippen molar-refractivity contribution in [3.05, 3.63) is 0 Å². The van der Waals surface area contributed by atoms with E-state index in [-0.39, 0.29) is 55.7 Å². The molecular weight excluding hydrogens is 458 g/mol. The van der Waals surface area contributed by atoms with Crippen LogP contribution in [0.25, 0.3) is 0 Å². The summed E-state index contributed by atoms with van der Waals surface area (Å²) in [5.41, 5.74) is 0. The third kappa shape index (κ3) is 25.0. The topological polar surface area (TPSA) is 0 Å². The minimum atomic E-state index is 0. The summed E-state index contributed by atoms with van der Waals surface area (Å²) in [6.07, 6.45) is 0. The molecule has 3 radical (unpaired) electrons. The van der Waals surface area contributed by atoms with Gasteiger partial charge in [0.05, 0.1) is 0 Å². The average molecular weight is 458 g/mol. The molecule has 34 valence electrons. The van der Waals surface area contributed by atoms with Crippen LogP contribution in [0.15, 0.2) is 0 Å². The first kappa shape index (κ1) is 22.6. The molecule has 0 fully saturated rings. The zero-order valence-corrected chi connectivity index (χ0v) is 12.4. The van der Waals surface area contributed by atoms with Gasteiger partial charge in [-0.3, -0.25) is 0 Å². The van der Waals surface area contributed by atoms with Crippen LogP contribution in [0.2, 0.25) is 0 Å². The van der Waals surface area contributed by atoms with E-state index in [9.17, 15) is 0 Å². The van der Waals surface area contributed by atoms with Crippen LogP contribution in [-0.2, 0) is 65.1 Å². The Balaban J connectivity index is -0.00000000667. The molecule has 0 nitrogen and oxygen atoms in total. The maximum Gasteiger partial charge on any atom is 0 e. The van der Waals surface area contributed by atoms with E-state index in [1.54, 1.807) is 0 Å². The van der Waals surface area contributed by atoms with Crippen molar-refractivity contribution >= 4 is 40.0 Å². The van der Waals surface area contributed by atoms with Crippen molar-refractivity contribution in [3.8, 4) is 0 Å². The summed E-state index contributed by atoms with van der Waals surface area (Å²) < 4.78 is 0. The van der Waals surface area contributed by atoms with Crippen molar-refractivity contribution in [2.75, 3.05) is 0 Å². The van der Waals surface area contributed by atoms with Gasteiger partial charge in [0.15, 0.2) is 0 Å². The third-order valence-corrected chi connectivity index (χ3v) is 0. The molecule has 0 aromatic carbocycles. The predicted octanol–water partition coefficient (Wildman–Crippen LogP) is 1.76. The second-order valence-corrected chi connectivity index (χ2v) is 11.9. The Morgan fingerprint density at radius 1 is 0.833 bits per heavy atom. The van der Waals surface area contributed by atoms with E-state index in [4.69, 9.17) is 0 Å². The molecule has 0 aromatic rings. The summed E-state index contributed by atoms with van der Waals surface area (Å²) >= 11 is 4.74. The van der Waals surface area contributed by atoms with Gasteiger partial charge in [0, 0.05) is 55.7 Å². The number of halogens is 2. The van der Waals surface area contributed by atoms with Crippen LogP contribution in [0.5, 0.6) is 0 Å². The molecule has 0 spiro atoms. The van der Waals surface area contributed by atoms with Crippen LogP contribution < -0.4 is 0 Å². The van der Waals surface area contributed by atoms with Crippen LogP contribution in [-0.4, -0.2) is 0 Å². The first-order valence-electron chi connectivity index (χ1n) is 0.338. The number of hydrogen-bond acceptors (Lipinski definition) is 0. The van der Waals surface area contributed by atoms with Gasteiger partial charge in [-0.25, -0.2) is 0 Å². The van der Waals surface area contributed by atoms with E-state index < -0.39 is 0 Å². The number of rotatable bonds is 0. The molecule has 0 saturated heterocycles. The van der Waals surface area contributed by atoms with Crippen LogP contribution in [0, 0.1) is 0 Å². The quantitative estimate of drug-likeness (QED) is 0.487. The van der Waals surface area contributed by atoms with Gasteiger partial charge in [0.2, 0.25) is 0 Å². The molecular formula is I2V4. The standard InChI is InChI=1S/2HI.4V/h2*1H;;;;/q;;;;;+2/p-2. The first-order valence-corrected chi connectivity index (χ1v) is 9.35. The minimum Gasteiger partial charge on any atom is 0 e. The molecule has 0 aliphatic carbocycles. The second-order valence-electron chi connectivity index (χ2n) is 0.0639. The molecule has 0 amide bonds. The van der Waals surface area contributed by atoms with Gasteiger partial charge < -0.3 is 0 Å². The molecule has 0 aliphatic rings. The minimum absolute atomic E-state index is 0. The molecule has 0 heterocycles. The first-order chi connectivity index (χ1) is 1.41. The normalized spacial score (nSPS) is 2.33. The van der Waals surface area contributed by atoms with Gasteiger partial charge in [0.1, 0.15) is 0 Å². The van der Waals surface area contributed by atoms with Gasteiger partial charge in [0.25, 0.3) is 0 Å². The van der Waals surface area contributed by atoms with Gasteiger partial charge >= 0.3 is 49.4 Å². The van der Waals surface area contributed by atoms with Crippen molar-refractivity contribution in [3.63, 3.8) is 0 Å². The fourth-order valence-corrected chi connectivity index (χ4v) is 0. The Hall–Kier alpha value is 3.80. The van der Waals surface area contributed by atoms with E-state index in [1.807, 2.05) is 0 Å². The summed E-state index contributed by atoms with van der Waals surface area (Å²) in [4.78, 5) is 0. The second kappa shape index (κ2) is 23.2. The maximum absolute atomic E-state index is 2.37. The monoisotopic (exact) mass is 458 g/mol. The predicted molar refractivity (Wildman–Crippen MR) is 28.0 cm³/mol. The molecule has 0 aliphatic heterocycles. The van der Waals surface area contributed by atoms with Crippen molar-refractivity contribution < 1.29 is 65.1 Å². The van der Waals surface area contributed by atoms with Crippen molar-refractivity contribution in [1.82, 2.24) is 0 Å². The van der Waals surface area contributed by atoms with E-state index in [0.717, 1.165) is 0 Å². The zero-order valence-electron chi connectivity index (χ0n) is 2.54. The molecule has 0 aromatic heterocycles. The SMILES string of the molecule is [I][V][I].[V].[V].[V]. The fraction of sp³-hybridized carbons (Fsp3) is 0. The summed E-state index contributed by atoms with van der Waals surface area (Å²) in [5, 5.41) is 0. The maximum atomic E-state index is 2.37. The van der Waals surface area contributed by atoms with Crippen LogP contribution in [0.4, 0.5) is 0 Å². The molecule has 6 heteroatoms. The molecule has 0 unspecified atom stereocenters. The van der Waals surface area contributed by atoms with Gasteiger partial charge in [-0.15, -0.1) is 0 Å². The molecule has 0 N–H and O–H groups in total. The van der Waals surface area contributed by atoms with Crippen LogP contribution in [0.3, 0.4) is 0 Å². The van der Waals surface area contributed by atoms with Crippen molar-refractivity contribution in [2.24, 2.45) is 0 Å². The van der Waals surface area contributed by atoms with Gasteiger partial charge in [-0.05, 0) is 0 Å². The van der Waals surface area contributed by atoms with Crippen LogP contribution >= 0.6 is 40.0 Å². The van der Waals surface area contributed by atoms with Crippen molar-refractivity contribution in [2.45, 2.75) is 0 Å². The smallest absolute Gasteiger partial charge is 0 e. The average Bonchev–Trinajstić information content (AvgIpc) is 0.918. The van der Waals surface area contributed by atoms with E-state index in [1.165, 1.54) is 0 Å². The molecule has 6 heavy (non-hydrogen) atoms. The van der Waals surface area contributed by atoms with Crippen molar-refractivity contribution in [1.29, 1.82) is 0 Å². The molecule has 0 bridgehead atoms. The molecule has 0 rings (SSSR count). The Bertz CT molecular complexity index is 5.51. The van der Waals surface area contributed by atoms with Crippen LogP contribution in [0.1, 0.15) is 0 Å². The van der Waals surface area contributed by atoms with Gasteiger partial charge in [-0.1, -0.05) is 0 Å². The summed E-state index contributed by atoms with van der Waals surface area (Å²) in [6.45, 7) is 0. The Kier molecular flexibility index (Phi) is 87.4. The summed E-state index contributed by atoms with van der Waals surface area (Å²) in [7, 11) is 0.628. The van der Waals surface area contributed by atoms with E-state index >= 15 is 0 Å². The molecule has 0 saturated carbocycles. The third-order valence-electron chi connectivity index (χ3n) is 0. The number of hydrogen-bond donors (Lipinski definition) is 0. The fourth-order valence-electron chi connectivity index (χ4n) is 0. The largest absolute Gasteiger partial charge is 0 e. The zero-order chi connectivity index (χ0) is 2.71. The Morgan fingerprint density at radius 2 is 0.833 bits per heavy atom. The Morgan fingerprint density at radius 3 is 0.833 bits per heavy atom. The Labute approximate surface area is 103 Å². The summed E-state index contributed by atoms with van der Waals surface area (Å²) in [6, 6.07) is 0. The van der Waals surface area contributed by atoms with Gasteiger partial charge in [-0.2, -0.15) is 0 Å². The summed E-state index contributed by atoms with van der Waals surface area (Å²) in [5.74, 6) is 0.